The normalized spacial score (nSPS) is 18.2. The SMILES string of the molecule is O=C(COC(=O)C[C@H]1CCS(=O)(=O)C1)Nc1nc(-c2ccc(F)cc2)cs1. The summed E-state index contributed by atoms with van der Waals surface area (Å²) in [6.07, 6.45) is 0.424. The number of nitrogens with zero attached hydrogens (tertiary/aromatic N) is 1. The van der Waals surface area contributed by atoms with Gasteiger partial charge in [0.2, 0.25) is 0 Å². The molecule has 0 aliphatic carbocycles. The third-order valence-electron chi connectivity index (χ3n) is 4.04. The summed E-state index contributed by atoms with van der Waals surface area (Å²) in [7, 11) is -3.05. The van der Waals surface area contributed by atoms with Crippen molar-refractivity contribution < 1.29 is 27.1 Å². The Morgan fingerprint density at radius 2 is 2.04 bits per heavy atom. The van der Waals surface area contributed by atoms with Crippen LogP contribution in [0.5, 0.6) is 0 Å². The molecule has 7 nitrogen and oxygen atoms in total. The van der Waals surface area contributed by atoms with Crippen molar-refractivity contribution in [1.82, 2.24) is 4.98 Å². The molecule has 2 heterocycles. The molecular weight excluding hydrogens is 395 g/mol. The smallest absolute Gasteiger partial charge is 0.306 e. The molecule has 1 amide bonds. The highest BCUT2D eigenvalue weighted by Crippen LogP contribution is 2.25. The van der Waals surface area contributed by atoms with E-state index in [9.17, 15) is 22.4 Å². The first kappa shape index (κ1) is 19.4. The molecule has 0 radical (unpaired) electrons. The van der Waals surface area contributed by atoms with Crippen molar-refractivity contribution in [3.05, 3.63) is 35.5 Å². The lowest BCUT2D eigenvalue weighted by molar-refractivity contribution is -0.148. The van der Waals surface area contributed by atoms with Gasteiger partial charge >= 0.3 is 5.97 Å². The first-order valence-corrected chi connectivity index (χ1v) is 10.9. The van der Waals surface area contributed by atoms with Gasteiger partial charge in [-0.05, 0) is 36.6 Å². The second-order valence-electron chi connectivity index (χ2n) is 6.23. The van der Waals surface area contributed by atoms with E-state index < -0.39 is 28.3 Å². The molecule has 1 N–H and O–H groups in total. The maximum absolute atomic E-state index is 12.9. The number of hydrogen-bond acceptors (Lipinski definition) is 7. The van der Waals surface area contributed by atoms with Crippen LogP contribution in [-0.4, -0.2) is 43.4 Å². The van der Waals surface area contributed by atoms with Crippen LogP contribution in [0.4, 0.5) is 9.52 Å². The molecule has 27 heavy (non-hydrogen) atoms. The Hall–Kier alpha value is -2.33. The zero-order valence-electron chi connectivity index (χ0n) is 14.2. The van der Waals surface area contributed by atoms with Gasteiger partial charge in [-0.3, -0.25) is 14.9 Å². The fourth-order valence-corrected chi connectivity index (χ4v) is 5.31. The number of aromatic nitrogens is 1. The number of benzene rings is 1. The quantitative estimate of drug-likeness (QED) is 0.730. The van der Waals surface area contributed by atoms with Crippen molar-refractivity contribution in [2.45, 2.75) is 12.8 Å². The Balaban J connectivity index is 1.45. The average Bonchev–Trinajstić information content (AvgIpc) is 3.20. The van der Waals surface area contributed by atoms with Crippen LogP contribution in [0, 0.1) is 11.7 Å². The van der Waals surface area contributed by atoms with Gasteiger partial charge in [-0.25, -0.2) is 17.8 Å². The number of halogens is 1. The Morgan fingerprint density at radius 3 is 2.70 bits per heavy atom. The molecule has 0 spiro atoms. The van der Waals surface area contributed by atoms with Crippen LogP contribution in [0.1, 0.15) is 12.8 Å². The van der Waals surface area contributed by atoms with Crippen molar-refractivity contribution in [2.75, 3.05) is 23.4 Å². The fraction of sp³-hybridized carbons (Fsp3) is 0.353. The number of esters is 1. The largest absolute Gasteiger partial charge is 0.456 e. The van der Waals surface area contributed by atoms with E-state index in [0.29, 0.717) is 22.8 Å². The molecule has 1 aromatic heterocycles. The highest BCUT2D eigenvalue weighted by Gasteiger charge is 2.30. The van der Waals surface area contributed by atoms with E-state index in [1.807, 2.05) is 0 Å². The standard InChI is InChI=1S/C17H17FN2O5S2/c18-13-3-1-12(2-4-13)14-9-26-17(19-14)20-15(21)8-25-16(22)7-11-5-6-27(23,24)10-11/h1-4,9,11H,5-8,10H2,(H,19,20,21)/t11-/m1/s1. The van der Waals surface area contributed by atoms with Gasteiger partial charge in [0.25, 0.3) is 5.91 Å². The second-order valence-corrected chi connectivity index (χ2v) is 9.31. The van der Waals surface area contributed by atoms with Gasteiger partial charge in [-0.15, -0.1) is 11.3 Å². The summed E-state index contributed by atoms with van der Waals surface area (Å²) in [5, 5.41) is 4.58. The molecule has 1 aliphatic rings. The zero-order valence-corrected chi connectivity index (χ0v) is 15.8. The highest BCUT2D eigenvalue weighted by atomic mass is 32.2. The third kappa shape index (κ3) is 5.57. The van der Waals surface area contributed by atoms with Gasteiger partial charge in [0, 0.05) is 17.4 Å². The summed E-state index contributed by atoms with van der Waals surface area (Å²) in [5.74, 6) is -1.66. The van der Waals surface area contributed by atoms with Crippen LogP contribution in [0.2, 0.25) is 0 Å². The van der Waals surface area contributed by atoms with E-state index >= 15 is 0 Å². The minimum atomic E-state index is -3.05. The second kappa shape index (κ2) is 8.13. The van der Waals surface area contributed by atoms with Gasteiger partial charge in [0.15, 0.2) is 21.6 Å². The first-order chi connectivity index (χ1) is 12.8. The summed E-state index contributed by atoms with van der Waals surface area (Å²) in [4.78, 5) is 27.9. The maximum atomic E-state index is 12.9. The zero-order chi connectivity index (χ0) is 19.4. The predicted octanol–water partition coefficient (Wildman–Crippen LogP) is 2.26. The number of rotatable bonds is 6. The number of thiazole rings is 1. The lowest BCUT2D eigenvalue weighted by atomic mass is 10.1. The van der Waals surface area contributed by atoms with E-state index in [1.165, 1.54) is 23.5 Å². The van der Waals surface area contributed by atoms with Crippen molar-refractivity contribution in [2.24, 2.45) is 5.92 Å². The average molecular weight is 412 g/mol. The van der Waals surface area contributed by atoms with E-state index in [-0.39, 0.29) is 29.7 Å². The number of sulfone groups is 1. The number of ether oxygens (including phenoxy) is 1. The molecule has 0 bridgehead atoms. The van der Waals surface area contributed by atoms with E-state index in [4.69, 9.17) is 4.74 Å². The Morgan fingerprint density at radius 1 is 1.30 bits per heavy atom. The van der Waals surface area contributed by atoms with Crippen molar-refractivity contribution in [3.63, 3.8) is 0 Å². The van der Waals surface area contributed by atoms with Crippen LogP contribution in [0.3, 0.4) is 0 Å². The van der Waals surface area contributed by atoms with E-state index in [2.05, 4.69) is 10.3 Å². The molecule has 2 aromatic rings. The molecule has 1 aromatic carbocycles. The molecule has 3 rings (SSSR count). The minimum Gasteiger partial charge on any atom is -0.456 e. The number of nitrogens with one attached hydrogen (secondary N) is 1. The molecule has 10 heteroatoms. The number of carbonyl (C=O) groups excluding carboxylic acids is 2. The molecule has 144 valence electrons. The number of carbonyl (C=O) groups is 2. The van der Waals surface area contributed by atoms with Gasteiger partial charge in [-0.2, -0.15) is 0 Å². The first-order valence-electron chi connectivity index (χ1n) is 8.18. The predicted molar refractivity (Wildman–Crippen MR) is 98.5 cm³/mol. The lowest BCUT2D eigenvalue weighted by Gasteiger charge is -2.07. The molecule has 1 fully saturated rings. The van der Waals surface area contributed by atoms with Crippen molar-refractivity contribution >= 4 is 38.2 Å². The fourth-order valence-electron chi connectivity index (χ4n) is 2.71. The molecule has 1 aliphatic heterocycles. The molecule has 0 saturated carbocycles. The Labute approximate surface area is 159 Å². The van der Waals surface area contributed by atoms with Crippen LogP contribution < -0.4 is 5.32 Å². The van der Waals surface area contributed by atoms with Crippen LogP contribution in [0.25, 0.3) is 11.3 Å². The summed E-state index contributed by atoms with van der Waals surface area (Å²) in [5.41, 5.74) is 1.31. The van der Waals surface area contributed by atoms with Gasteiger partial charge in [-0.1, -0.05) is 0 Å². The molecular formula is C17H17FN2O5S2. The Kier molecular flexibility index (Phi) is 5.85. The summed E-state index contributed by atoms with van der Waals surface area (Å²) in [6, 6.07) is 5.81. The van der Waals surface area contributed by atoms with Gasteiger partial charge < -0.3 is 4.74 Å². The van der Waals surface area contributed by atoms with Crippen LogP contribution in [-0.2, 0) is 24.2 Å². The summed E-state index contributed by atoms with van der Waals surface area (Å²) >= 11 is 1.19. The van der Waals surface area contributed by atoms with Crippen molar-refractivity contribution in [3.8, 4) is 11.3 Å². The molecule has 0 unspecified atom stereocenters. The molecule has 1 saturated heterocycles. The number of hydrogen-bond donors (Lipinski definition) is 1. The monoisotopic (exact) mass is 412 g/mol. The summed E-state index contributed by atoms with van der Waals surface area (Å²) < 4.78 is 40.6. The van der Waals surface area contributed by atoms with Crippen molar-refractivity contribution in [1.29, 1.82) is 0 Å². The van der Waals surface area contributed by atoms with E-state index in [0.717, 1.165) is 0 Å². The van der Waals surface area contributed by atoms with Gasteiger partial charge in [0.05, 0.1) is 17.2 Å². The van der Waals surface area contributed by atoms with E-state index in [1.54, 1.807) is 17.5 Å². The number of anilines is 1. The Bertz CT molecular complexity index is 940. The topological polar surface area (TPSA) is 102 Å². The van der Waals surface area contributed by atoms with Gasteiger partial charge in [0.1, 0.15) is 5.82 Å². The minimum absolute atomic E-state index is 0.0143. The van der Waals surface area contributed by atoms with Crippen LogP contribution >= 0.6 is 11.3 Å². The maximum Gasteiger partial charge on any atom is 0.306 e. The highest BCUT2D eigenvalue weighted by molar-refractivity contribution is 7.91. The lowest BCUT2D eigenvalue weighted by Crippen LogP contribution is -2.22. The summed E-state index contributed by atoms with van der Waals surface area (Å²) in [6.45, 7) is -0.468. The third-order valence-corrected chi connectivity index (χ3v) is 6.63. The van der Waals surface area contributed by atoms with Crippen LogP contribution in [0.15, 0.2) is 29.6 Å². The number of amides is 1. The molecule has 1 atom stereocenters.